The fourth-order valence-corrected chi connectivity index (χ4v) is 3.75. The lowest BCUT2D eigenvalue weighted by Crippen LogP contribution is -2.28. The van der Waals surface area contributed by atoms with Crippen LogP contribution in [0.1, 0.15) is 44.1 Å². The Bertz CT molecular complexity index is 367. The zero-order valence-electron chi connectivity index (χ0n) is 11.3. The molecule has 1 aliphatic carbocycles. The molecule has 1 fully saturated rings. The van der Waals surface area contributed by atoms with Crippen LogP contribution in [0.3, 0.4) is 0 Å². The van der Waals surface area contributed by atoms with Gasteiger partial charge in [0.15, 0.2) is 0 Å². The molecule has 2 rings (SSSR count). The van der Waals surface area contributed by atoms with Crippen molar-refractivity contribution in [2.24, 2.45) is 5.41 Å². The number of hydrogen-bond acceptors (Lipinski definition) is 1. The van der Waals surface area contributed by atoms with Gasteiger partial charge in [-0.1, -0.05) is 69.7 Å². The van der Waals surface area contributed by atoms with E-state index in [4.69, 9.17) is 4.74 Å². The van der Waals surface area contributed by atoms with Crippen molar-refractivity contribution in [3.8, 4) is 0 Å². The van der Waals surface area contributed by atoms with Gasteiger partial charge in [0.05, 0.1) is 13.2 Å². The summed E-state index contributed by atoms with van der Waals surface area (Å²) in [5.41, 5.74) is 1.62. The first-order valence-electron chi connectivity index (χ1n) is 7.12. The number of benzene rings is 1. The number of hydrogen-bond donors (Lipinski definition) is 0. The van der Waals surface area contributed by atoms with Crippen molar-refractivity contribution in [2.75, 3.05) is 11.9 Å². The van der Waals surface area contributed by atoms with Crippen molar-refractivity contribution in [2.45, 2.75) is 45.1 Å². The molecule has 0 heterocycles. The Kier molecular flexibility index (Phi) is 6.37. The molecular formula is C16H22Br2O. The minimum Gasteiger partial charge on any atom is -0.376 e. The topological polar surface area (TPSA) is 9.23 Å². The maximum atomic E-state index is 6.00. The van der Waals surface area contributed by atoms with E-state index in [1.165, 1.54) is 44.1 Å². The van der Waals surface area contributed by atoms with Crippen molar-refractivity contribution in [3.05, 3.63) is 34.3 Å². The largest absolute Gasteiger partial charge is 0.376 e. The summed E-state index contributed by atoms with van der Waals surface area (Å²) >= 11 is 7.17. The summed E-state index contributed by atoms with van der Waals surface area (Å²) in [6.45, 7) is 1.61. The predicted molar refractivity (Wildman–Crippen MR) is 87.7 cm³/mol. The molecule has 1 aromatic rings. The minimum atomic E-state index is 0.367. The van der Waals surface area contributed by atoms with Crippen LogP contribution < -0.4 is 0 Å². The Hall–Kier alpha value is 0.140. The summed E-state index contributed by atoms with van der Waals surface area (Å²) in [5.74, 6) is 0. The lowest BCUT2D eigenvalue weighted by atomic mass is 9.83. The van der Waals surface area contributed by atoms with Gasteiger partial charge >= 0.3 is 0 Å². The molecule has 3 heteroatoms. The summed E-state index contributed by atoms with van der Waals surface area (Å²) in [4.78, 5) is 0. The van der Waals surface area contributed by atoms with Gasteiger partial charge in [0, 0.05) is 15.2 Å². The van der Waals surface area contributed by atoms with E-state index >= 15 is 0 Å². The van der Waals surface area contributed by atoms with Crippen molar-refractivity contribution in [3.63, 3.8) is 0 Å². The van der Waals surface area contributed by atoms with Gasteiger partial charge in [-0.2, -0.15) is 0 Å². The van der Waals surface area contributed by atoms with Crippen molar-refractivity contribution in [1.29, 1.82) is 0 Å². The molecule has 0 aromatic heterocycles. The van der Waals surface area contributed by atoms with E-state index in [1.807, 2.05) is 0 Å². The summed E-state index contributed by atoms with van der Waals surface area (Å²) < 4.78 is 7.13. The van der Waals surface area contributed by atoms with E-state index in [1.54, 1.807) is 0 Å². The molecule has 0 bridgehead atoms. The SMILES string of the molecule is BrCC1(COCc2ccc(Br)cc2)CCCCCC1. The van der Waals surface area contributed by atoms with Crippen LogP contribution in [0, 0.1) is 5.41 Å². The van der Waals surface area contributed by atoms with Gasteiger partial charge in [0.25, 0.3) is 0 Å². The van der Waals surface area contributed by atoms with Crippen LogP contribution in [0.4, 0.5) is 0 Å². The molecule has 0 atom stereocenters. The van der Waals surface area contributed by atoms with E-state index in [2.05, 4.69) is 56.1 Å². The number of halogens is 2. The molecule has 0 aliphatic heterocycles. The van der Waals surface area contributed by atoms with E-state index in [0.717, 1.165) is 23.0 Å². The van der Waals surface area contributed by atoms with Crippen LogP contribution in [0.2, 0.25) is 0 Å². The standard InChI is InChI=1S/C16H22Br2O/c17-12-16(9-3-1-2-4-10-16)13-19-11-14-5-7-15(18)8-6-14/h5-8H,1-4,9-13H2. The molecule has 0 N–H and O–H groups in total. The lowest BCUT2D eigenvalue weighted by molar-refractivity contribution is 0.0374. The van der Waals surface area contributed by atoms with E-state index in [-0.39, 0.29) is 0 Å². The Morgan fingerprint density at radius 3 is 2.21 bits per heavy atom. The number of rotatable bonds is 5. The number of alkyl halides is 1. The first kappa shape index (κ1) is 15.5. The Balaban J connectivity index is 1.83. The molecule has 0 amide bonds. The van der Waals surface area contributed by atoms with E-state index in [0.29, 0.717) is 5.41 Å². The highest BCUT2D eigenvalue weighted by molar-refractivity contribution is 9.10. The van der Waals surface area contributed by atoms with Crippen molar-refractivity contribution >= 4 is 31.9 Å². The highest BCUT2D eigenvalue weighted by Gasteiger charge is 2.30. The fourth-order valence-electron chi connectivity index (χ4n) is 2.76. The molecule has 1 nitrogen and oxygen atoms in total. The second-order valence-corrected chi connectivity index (χ2v) is 7.14. The van der Waals surface area contributed by atoms with Crippen LogP contribution >= 0.6 is 31.9 Å². The van der Waals surface area contributed by atoms with Gasteiger partial charge in [0.1, 0.15) is 0 Å². The Morgan fingerprint density at radius 2 is 1.63 bits per heavy atom. The van der Waals surface area contributed by atoms with Gasteiger partial charge in [-0.25, -0.2) is 0 Å². The van der Waals surface area contributed by atoms with Crippen LogP contribution in [-0.2, 0) is 11.3 Å². The van der Waals surface area contributed by atoms with Gasteiger partial charge in [0.2, 0.25) is 0 Å². The van der Waals surface area contributed by atoms with Gasteiger partial charge in [-0.3, -0.25) is 0 Å². The average molecular weight is 390 g/mol. The predicted octanol–water partition coefficient (Wildman–Crippen LogP) is 5.70. The van der Waals surface area contributed by atoms with E-state index < -0.39 is 0 Å². The molecular weight excluding hydrogens is 368 g/mol. The van der Waals surface area contributed by atoms with E-state index in [9.17, 15) is 0 Å². The molecule has 1 aromatic carbocycles. The molecule has 0 radical (unpaired) electrons. The van der Waals surface area contributed by atoms with Crippen molar-refractivity contribution < 1.29 is 4.74 Å². The monoisotopic (exact) mass is 388 g/mol. The number of ether oxygens (including phenoxy) is 1. The van der Waals surface area contributed by atoms with Crippen LogP contribution in [-0.4, -0.2) is 11.9 Å². The molecule has 0 saturated heterocycles. The first-order valence-corrected chi connectivity index (χ1v) is 9.04. The quantitative estimate of drug-likeness (QED) is 0.463. The third kappa shape index (κ3) is 4.87. The average Bonchev–Trinajstić information content (AvgIpc) is 2.67. The first-order chi connectivity index (χ1) is 9.24. The molecule has 19 heavy (non-hydrogen) atoms. The van der Waals surface area contributed by atoms with Gasteiger partial charge in [-0.05, 0) is 30.5 Å². The summed E-state index contributed by atoms with van der Waals surface area (Å²) in [6, 6.07) is 8.39. The third-order valence-electron chi connectivity index (χ3n) is 4.04. The lowest BCUT2D eigenvalue weighted by Gasteiger charge is -2.30. The van der Waals surface area contributed by atoms with Crippen LogP contribution in [0.15, 0.2) is 28.7 Å². The maximum Gasteiger partial charge on any atom is 0.0717 e. The zero-order valence-corrected chi connectivity index (χ0v) is 14.5. The summed E-state index contributed by atoms with van der Waals surface area (Å²) in [6.07, 6.45) is 8.10. The zero-order chi connectivity index (χ0) is 13.6. The van der Waals surface area contributed by atoms with Crippen LogP contribution in [0.25, 0.3) is 0 Å². The van der Waals surface area contributed by atoms with Gasteiger partial charge < -0.3 is 4.74 Å². The normalized spacial score (nSPS) is 19.1. The smallest absolute Gasteiger partial charge is 0.0717 e. The maximum absolute atomic E-state index is 6.00. The Morgan fingerprint density at radius 1 is 1.00 bits per heavy atom. The second-order valence-electron chi connectivity index (χ2n) is 5.67. The van der Waals surface area contributed by atoms with Crippen molar-refractivity contribution in [1.82, 2.24) is 0 Å². The highest BCUT2D eigenvalue weighted by atomic mass is 79.9. The van der Waals surface area contributed by atoms with Crippen LogP contribution in [0.5, 0.6) is 0 Å². The molecule has 0 unspecified atom stereocenters. The van der Waals surface area contributed by atoms with Gasteiger partial charge in [-0.15, -0.1) is 0 Å². The highest BCUT2D eigenvalue weighted by Crippen LogP contribution is 2.37. The molecule has 1 aliphatic rings. The third-order valence-corrected chi connectivity index (χ3v) is 5.76. The summed E-state index contributed by atoms with van der Waals surface area (Å²) in [5, 5.41) is 1.07. The fraction of sp³-hybridized carbons (Fsp3) is 0.625. The molecule has 106 valence electrons. The summed E-state index contributed by atoms with van der Waals surface area (Å²) in [7, 11) is 0. The Labute approximate surface area is 133 Å². The molecule has 0 spiro atoms. The second kappa shape index (κ2) is 7.80. The molecule has 1 saturated carbocycles. The minimum absolute atomic E-state index is 0.367.